The van der Waals surface area contributed by atoms with Gasteiger partial charge in [0.05, 0.1) is 5.56 Å². The zero-order valence-corrected chi connectivity index (χ0v) is 11.7. The second kappa shape index (κ2) is 6.53. The van der Waals surface area contributed by atoms with Crippen LogP contribution in [0.25, 0.3) is 0 Å². The second-order valence-corrected chi connectivity index (χ2v) is 4.34. The maximum Gasteiger partial charge on any atom is 0.347 e. The lowest BCUT2D eigenvalue weighted by atomic mass is 10.2. The molecule has 0 saturated carbocycles. The summed E-state index contributed by atoms with van der Waals surface area (Å²) in [6, 6.07) is 12.2. The van der Waals surface area contributed by atoms with E-state index in [0.717, 1.165) is 0 Å². The van der Waals surface area contributed by atoms with Gasteiger partial charge in [0.1, 0.15) is 17.1 Å². The fraction of sp³-hybridized carbons (Fsp3) is 0.0625. The number of carbonyl (C=O) groups excluding carboxylic acids is 3. The van der Waals surface area contributed by atoms with Crippen LogP contribution in [0.2, 0.25) is 0 Å². The summed E-state index contributed by atoms with van der Waals surface area (Å²) in [6.45, 7) is 1.23. The minimum Gasteiger partial charge on any atom is -0.426 e. The number of carbonyl (C=O) groups is 3. The molecule has 0 bridgehead atoms. The molecule has 0 aliphatic heterocycles. The molecule has 0 saturated heterocycles. The van der Waals surface area contributed by atoms with E-state index in [4.69, 9.17) is 15.2 Å². The molecule has 6 heteroatoms. The first kappa shape index (κ1) is 15.2. The van der Waals surface area contributed by atoms with Crippen molar-refractivity contribution in [1.29, 1.82) is 0 Å². The first-order valence-electron chi connectivity index (χ1n) is 6.37. The van der Waals surface area contributed by atoms with Crippen molar-refractivity contribution in [2.24, 2.45) is 5.73 Å². The Kier molecular flexibility index (Phi) is 4.53. The van der Waals surface area contributed by atoms with Gasteiger partial charge in [0.15, 0.2) is 0 Å². The molecule has 0 aliphatic rings. The number of hydrogen-bond acceptors (Lipinski definition) is 5. The molecule has 2 N–H and O–H groups in total. The lowest BCUT2D eigenvalue weighted by molar-refractivity contribution is -0.131. The molecular weight excluding hydrogens is 286 g/mol. The van der Waals surface area contributed by atoms with Crippen LogP contribution in [-0.2, 0) is 4.79 Å². The summed E-state index contributed by atoms with van der Waals surface area (Å²) in [5, 5.41) is 0. The molecule has 0 radical (unpaired) electrons. The minimum atomic E-state index is -0.759. The van der Waals surface area contributed by atoms with Crippen LogP contribution in [-0.4, -0.2) is 17.8 Å². The van der Waals surface area contributed by atoms with Crippen LogP contribution in [0.3, 0.4) is 0 Å². The van der Waals surface area contributed by atoms with Crippen molar-refractivity contribution in [3.63, 3.8) is 0 Å². The number of nitrogens with two attached hydrogens (primary N) is 1. The fourth-order valence-corrected chi connectivity index (χ4v) is 1.79. The van der Waals surface area contributed by atoms with Crippen LogP contribution < -0.4 is 15.2 Å². The molecule has 0 heterocycles. The molecular formula is C16H13NO5. The SMILES string of the molecule is CC(=O)Oc1ccccc1C(=O)Oc1ccccc1C(N)=O. The van der Waals surface area contributed by atoms with Gasteiger partial charge in [-0.15, -0.1) is 0 Å². The van der Waals surface area contributed by atoms with Crippen molar-refractivity contribution < 1.29 is 23.9 Å². The number of primary amides is 1. The minimum absolute atomic E-state index is 0.0395. The molecule has 6 nitrogen and oxygen atoms in total. The number of ether oxygens (including phenoxy) is 2. The fourth-order valence-electron chi connectivity index (χ4n) is 1.79. The molecule has 0 spiro atoms. The third-order valence-electron chi connectivity index (χ3n) is 2.72. The molecule has 0 aromatic heterocycles. The van der Waals surface area contributed by atoms with Gasteiger partial charge in [-0.1, -0.05) is 24.3 Å². The summed E-state index contributed by atoms with van der Waals surface area (Å²) < 4.78 is 10.1. The zero-order chi connectivity index (χ0) is 16.1. The summed E-state index contributed by atoms with van der Waals surface area (Å²) in [5.74, 6) is -1.91. The summed E-state index contributed by atoms with van der Waals surface area (Å²) in [4.78, 5) is 34.6. The van der Waals surface area contributed by atoms with Crippen molar-refractivity contribution in [1.82, 2.24) is 0 Å². The van der Waals surface area contributed by atoms with Crippen LogP contribution in [0.1, 0.15) is 27.6 Å². The molecule has 1 amide bonds. The number of benzene rings is 2. The van der Waals surface area contributed by atoms with Crippen LogP contribution in [0.15, 0.2) is 48.5 Å². The van der Waals surface area contributed by atoms with Crippen molar-refractivity contribution in [3.05, 3.63) is 59.7 Å². The molecule has 0 unspecified atom stereocenters. The predicted octanol–water partition coefficient (Wildman–Crippen LogP) is 1.93. The number of hydrogen-bond donors (Lipinski definition) is 1. The Morgan fingerprint density at radius 3 is 1.86 bits per heavy atom. The van der Waals surface area contributed by atoms with Gasteiger partial charge in [0.2, 0.25) is 0 Å². The van der Waals surface area contributed by atoms with Gasteiger partial charge < -0.3 is 15.2 Å². The highest BCUT2D eigenvalue weighted by Crippen LogP contribution is 2.23. The van der Waals surface area contributed by atoms with Gasteiger partial charge in [0.25, 0.3) is 5.91 Å². The number of rotatable bonds is 4. The quantitative estimate of drug-likeness (QED) is 0.687. The summed E-state index contributed by atoms with van der Waals surface area (Å²) >= 11 is 0. The Morgan fingerprint density at radius 2 is 1.32 bits per heavy atom. The molecule has 0 fully saturated rings. The van der Waals surface area contributed by atoms with E-state index in [1.54, 1.807) is 24.3 Å². The summed E-state index contributed by atoms with van der Waals surface area (Å²) in [6.07, 6.45) is 0. The van der Waals surface area contributed by atoms with E-state index in [2.05, 4.69) is 0 Å². The van der Waals surface area contributed by atoms with Gasteiger partial charge in [0, 0.05) is 6.92 Å². The van der Waals surface area contributed by atoms with E-state index in [1.807, 2.05) is 0 Å². The van der Waals surface area contributed by atoms with E-state index >= 15 is 0 Å². The molecule has 2 rings (SSSR count). The third kappa shape index (κ3) is 3.49. The van der Waals surface area contributed by atoms with Crippen LogP contribution in [0.5, 0.6) is 11.5 Å². The van der Waals surface area contributed by atoms with Crippen molar-refractivity contribution in [2.75, 3.05) is 0 Å². The summed E-state index contributed by atoms with van der Waals surface area (Å²) in [5.41, 5.74) is 5.38. The normalized spacial score (nSPS) is 9.86. The van der Waals surface area contributed by atoms with E-state index in [-0.39, 0.29) is 22.6 Å². The smallest absolute Gasteiger partial charge is 0.347 e. The van der Waals surface area contributed by atoms with Crippen molar-refractivity contribution >= 4 is 17.8 Å². The summed E-state index contributed by atoms with van der Waals surface area (Å²) in [7, 11) is 0. The van der Waals surface area contributed by atoms with Gasteiger partial charge in [-0.25, -0.2) is 4.79 Å². The number of amides is 1. The molecule has 2 aromatic rings. The van der Waals surface area contributed by atoms with Crippen molar-refractivity contribution in [2.45, 2.75) is 6.92 Å². The molecule has 0 aliphatic carbocycles. The zero-order valence-electron chi connectivity index (χ0n) is 11.7. The van der Waals surface area contributed by atoms with E-state index in [9.17, 15) is 14.4 Å². The Balaban J connectivity index is 2.31. The van der Waals surface area contributed by atoms with Crippen molar-refractivity contribution in [3.8, 4) is 11.5 Å². The number of para-hydroxylation sites is 2. The standard InChI is InChI=1S/C16H13NO5/c1-10(18)21-14-9-5-3-7-12(14)16(20)22-13-8-4-2-6-11(13)15(17)19/h2-9H,1H3,(H2,17,19). The Hall–Kier alpha value is -3.15. The van der Waals surface area contributed by atoms with Gasteiger partial charge >= 0.3 is 11.9 Å². The lowest BCUT2D eigenvalue weighted by Crippen LogP contribution is -2.17. The van der Waals surface area contributed by atoms with Crippen LogP contribution in [0.4, 0.5) is 0 Å². The first-order valence-corrected chi connectivity index (χ1v) is 6.37. The van der Waals surface area contributed by atoms with Crippen LogP contribution >= 0.6 is 0 Å². The Morgan fingerprint density at radius 1 is 0.818 bits per heavy atom. The average molecular weight is 299 g/mol. The topological polar surface area (TPSA) is 95.7 Å². The first-order chi connectivity index (χ1) is 10.5. The molecule has 112 valence electrons. The van der Waals surface area contributed by atoms with E-state index < -0.39 is 17.8 Å². The second-order valence-electron chi connectivity index (χ2n) is 4.34. The Bertz CT molecular complexity index is 739. The number of esters is 2. The molecule has 22 heavy (non-hydrogen) atoms. The predicted molar refractivity (Wildman–Crippen MR) is 77.7 cm³/mol. The monoisotopic (exact) mass is 299 g/mol. The third-order valence-corrected chi connectivity index (χ3v) is 2.72. The highest BCUT2D eigenvalue weighted by Gasteiger charge is 2.18. The largest absolute Gasteiger partial charge is 0.426 e. The maximum atomic E-state index is 12.2. The van der Waals surface area contributed by atoms with E-state index in [1.165, 1.54) is 31.2 Å². The highest BCUT2D eigenvalue weighted by atomic mass is 16.5. The Labute approximate surface area is 126 Å². The lowest BCUT2D eigenvalue weighted by Gasteiger charge is -2.10. The molecule has 2 aromatic carbocycles. The van der Waals surface area contributed by atoms with Gasteiger partial charge in [-0.3, -0.25) is 9.59 Å². The highest BCUT2D eigenvalue weighted by molar-refractivity contribution is 5.99. The van der Waals surface area contributed by atoms with Crippen LogP contribution in [0, 0.1) is 0 Å². The van der Waals surface area contributed by atoms with Gasteiger partial charge in [-0.05, 0) is 24.3 Å². The maximum absolute atomic E-state index is 12.2. The van der Waals surface area contributed by atoms with Gasteiger partial charge in [-0.2, -0.15) is 0 Å². The van der Waals surface area contributed by atoms with E-state index in [0.29, 0.717) is 0 Å². The molecule has 0 atom stereocenters. The average Bonchev–Trinajstić information content (AvgIpc) is 2.47.